The maximum Gasteiger partial charge on any atom is 0.267 e. The maximum atomic E-state index is 12.7. The van der Waals surface area contributed by atoms with Gasteiger partial charge in [-0.05, 0) is 93.9 Å². The molecular weight excluding hydrogens is 458 g/mol. The van der Waals surface area contributed by atoms with Crippen molar-refractivity contribution in [2.75, 3.05) is 45.8 Å². The van der Waals surface area contributed by atoms with E-state index in [1.165, 1.54) is 31.2 Å². The lowest BCUT2D eigenvalue weighted by Gasteiger charge is -2.38. The molecule has 6 nitrogen and oxygen atoms in total. The highest BCUT2D eigenvalue weighted by atomic mass is 35.5. The Kier molecular flexibility index (Phi) is 8.13. The summed E-state index contributed by atoms with van der Waals surface area (Å²) in [5.74, 6) is 0.726. The number of hydrogen-bond donors (Lipinski definition) is 2. The zero-order valence-electron chi connectivity index (χ0n) is 21.0. The quantitative estimate of drug-likeness (QED) is 0.603. The van der Waals surface area contributed by atoms with E-state index in [4.69, 9.17) is 11.6 Å². The van der Waals surface area contributed by atoms with Crippen LogP contribution in [-0.4, -0.2) is 78.6 Å². The van der Waals surface area contributed by atoms with Gasteiger partial charge in [0.05, 0.1) is 6.17 Å². The zero-order valence-corrected chi connectivity index (χ0v) is 21.8. The lowest BCUT2D eigenvalue weighted by Crippen LogP contribution is -2.50. The van der Waals surface area contributed by atoms with E-state index in [1.807, 2.05) is 18.2 Å². The van der Waals surface area contributed by atoms with Crippen molar-refractivity contribution in [3.05, 3.63) is 58.3 Å². The number of benzene rings is 1. The topological polar surface area (TPSA) is 50.9 Å². The van der Waals surface area contributed by atoms with Gasteiger partial charge in [-0.2, -0.15) is 0 Å². The molecule has 190 valence electrons. The molecule has 1 aromatic carbocycles. The van der Waals surface area contributed by atoms with Crippen LogP contribution >= 0.6 is 11.6 Å². The SMILES string of the molecule is CC1=CC(N2CCCN(C3CCN(Cc4ccccc4Cl)CC3)CC2)NC(C(=O)NCC2CC2)=C1. The van der Waals surface area contributed by atoms with Gasteiger partial charge < -0.3 is 10.6 Å². The first-order chi connectivity index (χ1) is 17.0. The molecule has 35 heavy (non-hydrogen) atoms. The number of rotatable bonds is 7. The molecule has 1 amide bonds. The number of allylic oxidation sites excluding steroid dienone is 2. The second-order valence-electron chi connectivity index (χ2n) is 10.7. The largest absolute Gasteiger partial charge is 0.362 e. The van der Waals surface area contributed by atoms with Gasteiger partial charge in [-0.3, -0.25) is 19.5 Å². The van der Waals surface area contributed by atoms with Crippen molar-refractivity contribution in [3.8, 4) is 0 Å². The molecule has 5 rings (SSSR count). The van der Waals surface area contributed by atoms with Crippen molar-refractivity contribution in [1.82, 2.24) is 25.3 Å². The van der Waals surface area contributed by atoms with E-state index in [-0.39, 0.29) is 12.1 Å². The molecule has 7 heteroatoms. The Morgan fingerprint density at radius 1 is 1.03 bits per heavy atom. The Morgan fingerprint density at radius 2 is 1.77 bits per heavy atom. The van der Waals surface area contributed by atoms with Crippen molar-refractivity contribution in [2.45, 2.75) is 57.8 Å². The van der Waals surface area contributed by atoms with Gasteiger partial charge in [-0.15, -0.1) is 0 Å². The summed E-state index contributed by atoms with van der Waals surface area (Å²) in [5, 5.41) is 7.50. The van der Waals surface area contributed by atoms with Gasteiger partial charge in [0.2, 0.25) is 0 Å². The van der Waals surface area contributed by atoms with Crippen LogP contribution in [0, 0.1) is 5.92 Å². The van der Waals surface area contributed by atoms with Crippen LogP contribution in [0.3, 0.4) is 0 Å². The summed E-state index contributed by atoms with van der Waals surface area (Å²) in [6.07, 6.45) is 10.5. The molecule has 3 aliphatic heterocycles. The minimum Gasteiger partial charge on any atom is -0.362 e. The molecular formula is C28H40ClN5O. The number of carbonyl (C=O) groups excluding carboxylic acids is 1. The zero-order chi connectivity index (χ0) is 24.2. The molecule has 0 bridgehead atoms. The van der Waals surface area contributed by atoms with Crippen LogP contribution in [0.2, 0.25) is 5.02 Å². The second kappa shape index (κ2) is 11.5. The number of nitrogens with one attached hydrogen (secondary N) is 2. The average Bonchev–Trinajstić information content (AvgIpc) is 3.71. The van der Waals surface area contributed by atoms with Crippen LogP contribution in [0.25, 0.3) is 0 Å². The number of dihydropyridines is 1. The smallest absolute Gasteiger partial charge is 0.267 e. The van der Waals surface area contributed by atoms with E-state index >= 15 is 0 Å². The summed E-state index contributed by atoms with van der Waals surface area (Å²) in [7, 11) is 0. The summed E-state index contributed by atoms with van der Waals surface area (Å²) in [6.45, 7) is 10.4. The Morgan fingerprint density at radius 3 is 2.54 bits per heavy atom. The summed E-state index contributed by atoms with van der Waals surface area (Å²) in [4.78, 5) is 20.5. The molecule has 2 saturated heterocycles. The van der Waals surface area contributed by atoms with Gasteiger partial charge >= 0.3 is 0 Å². The van der Waals surface area contributed by atoms with Gasteiger partial charge in [0.25, 0.3) is 5.91 Å². The number of amides is 1. The van der Waals surface area contributed by atoms with Crippen molar-refractivity contribution in [3.63, 3.8) is 0 Å². The van der Waals surface area contributed by atoms with E-state index < -0.39 is 0 Å². The monoisotopic (exact) mass is 497 g/mol. The van der Waals surface area contributed by atoms with Crippen molar-refractivity contribution in [2.24, 2.45) is 5.92 Å². The fraction of sp³-hybridized carbons (Fsp3) is 0.607. The predicted octanol–water partition coefficient (Wildman–Crippen LogP) is 3.60. The van der Waals surface area contributed by atoms with Crippen LogP contribution in [0.1, 0.15) is 44.6 Å². The minimum absolute atomic E-state index is 0.0364. The molecule has 4 aliphatic rings. The Hall–Kier alpha value is -1.86. The Bertz CT molecular complexity index is 950. The molecule has 2 N–H and O–H groups in total. The summed E-state index contributed by atoms with van der Waals surface area (Å²) < 4.78 is 0. The number of likely N-dealkylation sites (tertiary alicyclic amines) is 1. The average molecular weight is 498 g/mol. The molecule has 1 aromatic rings. The molecule has 0 spiro atoms. The summed E-state index contributed by atoms with van der Waals surface area (Å²) >= 11 is 6.38. The summed E-state index contributed by atoms with van der Waals surface area (Å²) in [6, 6.07) is 8.88. The van der Waals surface area contributed by atoms with Gasteiger partial charge in [0.15, 0.2) is 0 Å². The van der Waals surface area contributed by atoms with Gasteiger partial charge in [-0.1, -0.05) is 29.8 Å². The van der Waals surface area contributed by atoms with Crippen LogP contribution in [0.5, 0.6) is 0 Å². The lowest BCUT2D eigenvalue weighted by molar-refractivity contribution is -0.118. The van der Waals surface area contributed by atoms with Gasteiger partial charge in [0, 0.05) is 43.8 Å². The number of nitrogens with zero attached hydrogens (tertiary/aromatic N) is 3. The van der Waals surface area contributed by atoms with E-state index in [9.17, 15) is 4.79 Å². The molecule has 0 radical (unpaired) electrons. The van der Waals surface area contributed by atoms with Gasteiger partial charge in [-0.25, -0.2) is 0 Å². The molecule has 1 aliphatic carbocycles. The number of piperidine rings is 1. The van der Waals surface area contributed by atoms with Crippen molar-refractivity contribution < 1.29 is 4.79 Å². The third-order valence-corrected chi connectivity index (χ3v) is 8.34. The highest BCUT2D eigenvalue weighted by molar-refractivity contribution is 6.31. The van der Waals surface area contributed by atoms with Crippen LogP contribution in [0.4, 0.5) is 0 Å². The number of hydrogen-bond acceptors (Lipinski definition) is 5. The highest BCUT2D eigenvalue weighted by Gasteiger charge is 2.30. The Balaban J connectivity index is 1.10. The minimum atomic E-state index is 0.0364. The first kappa shape index (κ1) is 24.8. The molecule has 1 atom stereocenters. The van der Waals surface area contributed by atoms with Crippen molar-refractivity contribution in [1.29, 1.82) is 0 Å². The maximum absolute atomic E-state index is 12.7. The highest BCUT2D eigenvalue weighted by Crippen LogP contribution is 2.28. The normalized spacial score (nSPS) is 25.4. The fourth-order valence-corrected chi connectivity index (χ4v) is 5.86. The molecule has 1 saturated carbocycles. The van der Waals surface area contributed by atoms with E-state index in [0.29, 0.717) is 17.7 Å². The second-order valence-corrected chi connectivity index (χ2v) is 11.1. The third-order valence-electron chi connectivity index (χ3n) is 7.97. The van der Waals surface area contributed by atoms with E-state index in [2.05, 4.69) is 50.5 Å². The van der Waals surface area contributed by atoms with Crippen LogP contribution < -0.4 is 10.6 Å². The van der Waals surface area contributed by atoms with Crippen LogP contribution in [0.15, 0.2) is 47.7 Å². The van der Waals surface area contributed by atoms with Crippen LogP contribution in [-0.2, 0) is 11.3 Å². The fourth-order valence-electron chi connectivity index (χ4n) is 5.66. The number of halogens is 1. The van der Waals surface area contributed by atoms with E-state index in [0.717, 1.165) is 69.4 Å². The molecule has 0 aromatic heterocycles. The molecule has 1 unspecified atom stereocenters. The Labute approximate surface area is 215 Å². The molecule has 3 heterocycles. The van der Waals surface area contributed by atoms with E-state index in [1.54, 1.807) is 0 Å². The summed E-state index contributed by atoms with van der Waals surface area (Å²) in [5.41, 5.74) is 3.11. The van der Waals surface area contributed by atoms with Gasteiger partial charge in [0.1, 0.15) is 5.70 Å². The predicted molar refractivity (Wildman–Crippen MR) is 142 cm³/mol. The third kappa shape index (κ3) is 6.67. The van der Waals surface area contributed by atoms with Crippen molar-refractivity contribution >= 4 is 17.5 Å². The first-order valence-corrected chi connectivity index (χ1v) is 13.8. The number of carbonyl (C=O) groups is 1. The standard InChI is InChI=1S/C28H40ClN5O/c1-21-17-26(28(35)30-19-22-7-8-22)31-27(18-21)34-12-4-11-33(15-16-34)24-9-13-32(14-10-24)20-23-5-2-3-6-25(23)29/h2-3,5-6,17-18,22,24,27,31H,4,7-16,19-20H2,1H3,(H,30,35). The molecule has 3 fully saturated rings. The lowest BCUT2D eigenvalue weighted by atomic mass is 10.0. The first-order valence-electron chi connectivity index (χ1n) is 13.4.